The van der Waals surface area contributed by atoms with Gasteiger partial charge in [0.1, 0.15) is 0 Å². The predicted molar refractivity (Wildman–Crippen MR) is 87.6 cm³/mol. The molecule has 19 heavy (non-hydrogen) atoms. The molecule has 0 heterocycles. The minimum atomic E-state index is 1.10. The Morgan fingerprint density at radius 1 is 0.947 bits per heavy atom. The molecule has 0 aliphatic heterocycles. The first-order valence-corrected chi connectivity index (χ1v) is 8.06. The fourth-order valence-corrected chi connectivity index (χ4v) is 2.60. The molecule has 1 aromatic carbocycles. The Hall–Kier alpha value is -1.04. The van der Waals surface area contributed by atoms with Crippen molar-refractivity contribution in [1.82, 2.24) is 0 Å². The Bertz CT molecular complexity index is 362. The molecule has 0 aromatic heterocycles. The average Bonchev–Trinajstić information content (AvgIpc) is 2.46. The van der Waals surface area contributed by atoms with Gasteiger partial charge in [0.05, 0.1) is 0 Å². The van der Waals surface area contributed by atoms with Crippen LogP contribution in [0.25, 0.3) is 6.08 Å². The minimum Gasteiger partial charge on any atom is -0.0985 e. The summed E-state index contributed by atoms with van der Waals surface area (Å²) >= 11 is 0. The van der Waals surface area contributed by atoms with Gasteiger partial charge in [-0.25, -0.2) is 0 Å². The Kier molecular flexibility index (Phi) is 8.29. The van der Waals surface area contributed by atoms with Crippen LogP contribution >= 0.6 is 0 Å². The van der Waals surface area contributed by atoms with E-state index in [1.807, 2.05) is 6.08 Å². The van der Waals surface area contributed by atoms with Crippen LogP contribution < -0.4 is 0 Å². The van der Waals surface area contributed by atoms with E-state index in [0.717, 1.165) is 6.42 Å². The SMILES string of the molecule is C=Cc1cc(CCCCCCCCC)ccc1CC. The Morgan fingerprint density at radius 3 is 2.26 bits per heavy atom. The smallest absolute Gasteiger partial charge is 0.0228 e. The van der Waals surface area contributed by atoms with E-state index < -0.39 is 0 Å². The summed E-state index contributed by atoms with van der Waals surface area (Å²) < 4.78 is 0. The first kappa shape index (κ1) is 16.0. The number of aryl methyl sites for hydroxylation is 2. The molecule has 0 nitrogen and oxygen atoms in total. The van der Waals surface area contributed by atoms with Crippen LogP contribution in [0.3, 0.4) is 0 Å². The zero-order chi connectivity index (χ0) is 13.9. The summed E-state index contributed by atoms with van der Waals surface area (Å²) in [5.74, 6) is 0. The highest BCUT2D eigenvalue weighted by Crippen LogP contribution is 2.16. The molecule has 1 rings (SSSR count). The molecule has 0 saturated carbocycles. The maximum absolute atomic E-state index is 3.92. The Labute approximate surface area is 119 Å². The molecule has 0 atom stereocenters. The van der Waals surface area contributed by atoms with Gasteiger partial charge in [-0.05, 0) is 36.0 Å². The van der Waals surface area contributed by atoms with Crippen molar-refractivity contribution < 1.29 is 0 Å². The van der Waals surface area contributed by atoms with Crippen molar-refractivity contribution in [2.75, 3.05) is 0 Å². The van der Waals surface area contributed by atoms with E-state index in [1.165, 1.54) is 68.1 Å². The van der Waals surface area contributed by atoms with Crippen LogP contribution in [0.5, 0.6) is 0 Å². The van der Waals surface area contributed by atoms with E-state index in [1.54, 1.807) is 0 Å². The molecule has 0 radical (unpaired) electrons. The molecule has 0 unspecified atom stereocenters. The fourth-order valence-electron chi connectivity index (χ4n) is 2.60. The summed E-state index contributed by atoms with van der Waals surface area (Å²) in [4.78, 5) is 0. The van der Waals surface area contributed by atoms with Crippen LogP contribution in [-0.2, 0) is 12.8 Å². The number of benzene rings is 1. The molecule has 0 aliphatic rings. The second kappa shape index (κ2) is 9.83. The normalized spacial score (nSPS) is 10.6. The topological polar surface area (TPSA) is 0 Å². The molecule has 0 N–H and O–H groups in total. The number of hydrogen-bond acceptors (Lipinski definition) is 0. The van der Waals surface area contributed by atoms with Crippen LogP contribution in [0.1, 0.15) is 75.5 Å². The van der Waals surface area contributed by atoms with Gasteiger partial charge in [0.15, 0.2) is 0 Å². The molecule has 0 bridgehead atoms. The van der Waals surface area contributed by atoms with Gasteiger partial charge in [-0.15, -0.1) is 0 Å². The highest BCUT2D eigenvalue weighted by atomic mass is 14.1. The summed E-state index contributed by atoms with van der Waals surface area (Å²) in [6.45, 7) is 8.40. The average molecular weight is 258 g/mol. The quantitative estimate of drug-likeness (QED) is 0.439. The molecule has 1 aromatic rings. The van der Waals surface area contributed by atoms with E-state index in [4.69, 9.17) is 0 Å². The van der Waals surface area contributed by atoms with Crippen molar-refractivity contribution in [2.45, 2.75) is 71.6 Å². The molecule has 0 saturated heterocycles. The third-order valence-corrected chi connectivity index (χ3v) is 3.88. The first-order chi connectivity index (χ1) is 9.31. The van der Waals surface area contributed by atoms with Gasteiger partial charge in [0.25, 0.3) is 0 Å². The van der Waals surface area contributed by atoms with Crippen molar-refractivity contribution in [3.63, 3.8) is 0 Å². The molecule has 0 fully saturated rings. The molecule has 0 aliphatic carbocycles. The molecule has 106 valence electrons. The fraction of sp³-hybridized carbons (Fsp3) is 0.579. The van der Waals surface area contributed by atoms with Crippen molar-refractivity contribution >= 4 is 6.08 Å². The van der Waals surface area contributed by atoms with Crippen molar-refractivity contribution in [3.8, 4) is 0 Å². The Morgan fingerprint density at radius 2 is 1.63 bits per heavy atom. The highest BCUT2D eigenvalue weighted by molar-refractivity contribution is 5.53. The summed E-state index contributed by atoms with van der Waals surface area (Å²) in [7, 11) is 0. The zero-order valence-electron chi connectivity index (χ0n) is 12.9. The molecule has 0 amide bonds. The van der Waals surface area contributed by atoms with Gasteiger partial charge < -0.3 is 0 Å². The molecular formula is C19H30. The summed E-state index contributed by atoms with van der Waals surface area (Å²) in [5, 5.41) is 0. The lowest BCUT2D eigenvalue weighted by Gasteiger charge is -2.07. The van der Waals surface area contributed by atoms with Gasteiger partial charge in [0, 0.05) is 0 Å². The van der Waals surface area contributed by atoms with E-state index in [0.29, 0.717) is 0 Å². The molecular weight excluding hydrogens is 228 g/mol. The van der Waals surface area contributed by atoms with Crippen molar-refractivity contribution in [3.05, 3.63) is 41.5 Å². The van der Waals surface area contributed by atoms with E-state index in [-0.39, 0.29) is 0 Å². The maximum atomic E-state index is 3.92. The van der Waals surface area contributed by atoms with E-state index >= 15 is 0 Å². The number of unbranched alkanes of at least 4 members (excludes halogenated alkanes) is 6. The molecule has 0 heteroatoms. The first-order valence-electron chi connectivity index (χ1n) is 8.06. The summed E-state index contributed by atoms with van der Waals surface area (Å²) in [6.07, 6.45) is 14.0. The summed E-state index contributed by atoms with van der Waals surface area (Å²) in [6, 6.07) is 6.89. The third-order valence-electron chi connectivity index (χ3n) is 3.88. The van der Waals surface area contributed by atoms with E-state index in [2.05, 4.69) is 38.6 Å². The van der Waals surface area contributed by atoms with Crippen LogP contribution in [0, 0.1) is 0 Å². The van der Waals surface area contributed by atoms with Crippen molar-refractivity contribution in [1.29, 1.82) is 0 Å². The monoisotopic (exact) mass is 258 g/mol. The predicted octanol–water partition coefficient (Wildman–Crippen LogP) is 6.19. The van der Waals surface area contributed by atoms with E-state index in [9.17, 15) is 0 Å². The largest absolute Gasteiger partial charge is 0.0985 e. The third kappa shape index (κ3) is 6.09. The van der Waals surface area contributed by atoms with Crippen LogP contribution in [-0.4, -0.2) is 0 Å². The summed E-state index contributed by atoms with van der Waals surface area (Å²) in [5.41, 5.74) is 4.21. The lowest BCUT2D eigenvalue weighted by molar-refractivity contribution is 0.589. The molecule has 0 spiro atoms. The van der Waals surface area contributed by atoms with Crippen molar-refractivity contribution in [2.24, 2.45) is 0 Å². The van der Waals surface area contributed by atoms with Crippen LogP contribution in [0.2, 0.25) is 0 Å². The van der Waals surface area contributed by atoms with Crippen LogP contribution in [0.15, 0.2) is 24.8 Å². The maximum Gasteiger partial charge on any atom is -0.0228 e. The van der Waals surface area contributed by atoms with Gasteiger partial charge in [-0.2, -0.15) is 0 Å². The van der Waals surface area contributed by atoms with Crippen LogP contribution in [0.4, 0.5) is 0 Å². The van der Waals surface area contributed by atoms with Gasteiger partial charge in [-0.3, -0.25) is 0 Å². The second-order valence-electron chi connectivity index (χ2n) is 5.46. The Balaban J connectivity index is 2.27. The number of hydrogen-bond donors (Lipinski definition) is 0. The number of rotatable bonds is 10. The van der Waals surface area contributed by atoms with Gasteiger partial charge in [-0.1, -0.05) is 83.2 Å². The lowest BCUT2D eigenvalue weighted by Crippen LogP contribution is -1.91. The highest BCUT2D eigenvalue weighted by Gasteiger charge is 2.00. The minimum absolute atomic E-state index is 1.10. The lowest BCUT2D eigenvalue weighted by atomic mass is 9.98. The second-order valence-corrected chi connectivity index (χ2v) is 5.46. The van der Waals surface area contributed by atoms with Gasteiger partial charge >= 0.3 is 0 Å². The zero-order valence-corrected chi connectivity index (χ0v) is 12.9. The standard InChI is InChI=1S/C19H30/c1-4-7-8-9-10-11-12-13-17-14-15-18(5-2)19(6-3)16-17/h6,14-16H,3-5,7-13H2,1-2H3. The van der Waals surface area contributed by atoms with Gasteiger partial charge in [0.2, 0.25) is 0 Å².